The number of carboxylic acid groups (broad SMARTS) is 1. The second-order valence-electron chi connectivity index (χ2n) is 4.38. The van der Waals surface area contributed by atoms with Gasteiger partial charge < -0.3 is 19.5 Å². The summed E-state index contributed by atoms with van der Waals surface area (Å²) in [5, 5.41) is 8.83. The molecule has 0 spiro atoms. The Bertz CT molecular complexity index is 300. The molecule has 0 saturated carbocycles. The molecule has 0 bridgehead atoms. The van der Waals surface area contributed by atoms with Crippen LogP contribution in [0.5, 0.6) is 0 Å². The van der Waals surface area contributed by atoms with Crippen molar-refractivity contribution in [3.8, 4) is 0 Å². The van der Waals surface area contributed by atoms with Crippen molar-refractivity contribution in [3.05, 3.63) is 0 Å². The maximum absolute atomic E-state index is 11.9. The average molecular weight is 243 g/mol. The van der Waals surface area contributed by atoms with Gasteiger partial charge in [0.15, 0.2) is 6.10 Å². The smallest absolute Gasteiger partial charge is 0.334 e. The number of carbonyl (C=O) groups excluding carboxylic acids is 1. The van der Waals surface area contributed by atoms with Crippen LogP contribution in [-0.4, -0.2) is 60.4 Å². The summed E-state index contributed by atoms with van der Waals surface area (Å²) in [6, 6.07) is 0. The van der Waals surface area contributed by atoms with Crippen molar-refractivity contribution in [2.24, 2.45) is 0 Å². The SMILES string of the molecule is O=C(O)[C@@H]1CN(C(=O)C[C@@H]2CCCO2)CCO1. The number of nitrogens with zero attached hydrogens (tertiary/aromatic N) is 1. The van der Waals surface area contributed by atoms with Crippen LogP contribution in [0, 0.1) is 0 Å². The van der Waals surface area contributed by atoms with Gasteiger partial charge in [0.25, 0.3) is 0 Å². The highest BCUT2D eigenvalue weighted by molar-refractivity contribution is 5.79. The molecule has 0 aromatic heterocycles. The average Bonchev–Trinajstić information content (AvgIpc) is 2.82. The molecule has 0 aliphatic carbocycles. The molecule has 2 heterocycles. The number of aliphatic carboxylic acids is 1. The molecule has 2 saturated heterocycles. The van der Waals surface area contributed by atoms with E-state index in [2.05, 4.69) is 0 Å². The van der Waals surface area contributed by atoms with E-state index in [-0.39, 0.29) is 25.2 Å². The number of carbonyl (C=O) groups is 2. The zero-order valence-electron chi connectivity index (χ0n) is 9.63. The van der Waals surface area contributed by atoms with Crippen molar-refractivity contribution < 1.29 is 24.2 Å². The highest BCUT2D eigenvalue weighted by Crippen LogP contribution is 2.17. The molecule has 0 aromatic rings. The van der Waals surface area contributed by atoms with Crippen LogP contribution in [0.1, 0.15) is 19.3 Å². The molecule has 1 N–H and O–H groups in total. The van der Waals surface area contributed by atoms with Gasteiger partial charge >= 0.3 is 5.97 Å². The molecule has 6 heteroatoms. The van der Waals surface area contributed by atoms with Crippen molar-refractivity contribution in [2.45, 2.75) is 31.5 Å². The topological polar surface area (TPSA) is 76.1 Å². The Morgan fingerprint density at radius 1 is 1.29 bits per heavy atom. The largest absolute Gasteiger partial charge is 0.479 e. The Morgan fingerprint density at radius 3 is 2.76 bits per heavy atom. The van der Waals surface area contributed by atoms with Crippen LogP contribution in [0.2, 0.25) is 0 Å². The fourth-order valence-electron chi connectivity index (χ4n) is 2.15. The Balaban J connectivity index is 1.83. The minimum atomic E-state index is -1.01. The molecule has 2 aliphatic heterocycles. The van der Waals surface area contributed by atoms with Crippen LogP contribution < -0.4 is 0 Å². The van der Waals surface area contributed by atoms with E-state index in [1.54, 1.807) is 4.90 Å². The Labute approximate surface area is 99.5 Å². The standard InChI is InChI=1S/C11H17NO5/c13-10(6-8-2-1-4-16-8)12-3-5-17-9(7-12)11(14)15/h8-9H,1-7H2,(H,14,15)/t8-,9-/m0/s1. The highest BCUT2D eigenvalue weighted by Gasteiger charge is 2.30. The predicted molar refractivity (Wildman–Crippen MR) is 57.5 cm³/mol. The van der Waals surface area contributed by atoms with Crippen molar-refractivity contribution in [2.75, 3.05) is 26.3 Å². The van der Waals surface area contributed by atoms with E-state index in [1.165, 1.54) is 0 Å². The summed E-state index contributed by atoms with van der Waals surface area (Å²) in [6.45, 7) is 1.61. The molecule has 2 rings (SSSR count). The lowest BCUT2D eigenvalue weighted by Crippen LogP contribution is -2.49. The zero-order valence-corrected chi connectivity index (χ0v) is 9.63. The third-order valence-electron chi connectivity index (χ3n) is 3.12. The maximum Gasteiger partial charge on any atom is 0.334 e. The normalized spacial score (nSPS) is 29.3. The molecule has 2 atom stereocenters. The van der Waals surface area contributed by atoms with E-state index in [4.69, 9.17) is 14.6 Å². The maximum atomic E-state index is 11.9. The first kappa shape index (κ1) is 12.3. The van der Waals surface area contributed by atoms with Crippen LogP contribution >= 0.6 is 0 Å². The summed E-state index contributed by atoms with van der Waals surface area (Å²) in [7, 11) is 0. The van der Waals surface area contributed by atoms with Crippen molar-refractivity contribution in [3.63, 3.8) is 0 Å². The molecule has 0 aromatic carbocycles. The summed E-state index contributed by atoms with van der Waals surface area (Å²) in [6.07, 6.45) is 1.38. The van der Waals surface area contributed by atoms with Gasteiger partial charge in [-0.05, 0) is 12.8 Å². The quantitative estimate of drug-likeness (QED) is 0.747. The molecular formula is C11H17NO5. The number of morpholine rings is 1. The van der Waals surface area contributed by atoms with Gasteiger partial charge in [-0.1, -0.05) is 0 Å². The Morgan fingerprint density at radius 2 is 2.12 bits per heavy atom. The number of hydrogen-bond donors (Lipinski definition) is 1. The van der Waals surface area contributed by atoms with Gasteiger partial charge in [0.2, 0.25) is 5.91 Å². The first-order valence-electron chi connectivity index (χ1n) is 5.90. The van der Waals surface area contributed by atoms with Crippen LogP contribution in [0.4, 0.5) is 0 Å². The molecule has 6 nitrogen and oxygen atoms in total. The molecular weight excluding hydrogens is 226 g/mol. The van der Waals surface area contributed by atoms with Gasteiger partial charge in [0.1, 0.15) is 0 Å². The lowest BCUT2D eigenvalue weighted by atomic mass is 10.1. The van der Waals surface area contributed by atoms with Crippen LogP contribution in [-0.2, 0) is 19.1 Å². The monoisotopic (exact) mass is 243 g/mol. The van der Waals surface area contributed by atoms with Crippen molar-refractivity contribution in [1.29, 1.82) is 0 Å². The number of amides is 1. The number of rotatable bonds is 3. The summed E-state index contributed by atoms with van der Waals surface area (Å²) in [4.78, 5) is 24.3. The van der Waals surface area contributed by atoms with Crippen molar-refractivity contribution in [1.82, 2.24) is 4.90 Å². The van der Waals surface area contributed by atoms with E-state index < -0.39 is 12.1 Å². The van der Waals surface area contributed by atoms with E-state index in [9.17, 15) is 9.59 Å². The molecule has 2 fully saturated rings. The number of carboxylic acids is 1. The minimum Gasteiger partial charge on any atom is -0.479 e. The second-order valence-corrected chi connectivity index (χ2v) is 4.38. The molecule has 17 heavy (non-hydrogen) atoms. The van der Waals surface area contributed by atoms with Crippen LogP contribution in [0.15, 0.2) is 0 Å². The van der Waals surface area contributed by atoms with E-state index >= 15 is 0 Å². The summed E-state index contributed by atoms with van der Waals surface area (Å²) < 4.78 is 10.5. The Hall–Kier alpha value is -1.14. The van der Waals surface area contributed by atoms with Gasteiger partial charge in [-0.15, -0.1) is 0 Å². The second kappa shape index (κ2) is 5.46. The van der Waals surface area contributed by atoms with Crippen LogP contribution in [0.25, 0.3) is 0 Å². The van der Waals surface area contributed by atoms with E-state index in [0.29, 0.717) is 13.0 Å². The third kappa shape index (κ3) is 3.17. The zero-order chi connectivity index (χ0) is 12.3. The Kier molecular flexibility index (Phi) is 3.96. The molecule has 0 unspecified atom stereocenters. The van der Waals surface area contributed by atoms with Gasteiger partial charge in [0.05, 0.1) is 25.7 Å². The summed E-state index contributed by atoms with van der Waals surface area (Å²) >= 11 is 0. The molecule has 1 amide bonds. The predicted octanol–water partition coefficient (Wildman–Crippen LogP) is -0.133. The number of ether oxygens (including phenoxy) is 2. The summed E-state index contributed by atoms with van der Waals surface area (Å²) in [5.41, 5.74) is 0. The van der Waals surface area contributed by atoms with E-state index in [1.807, 2.05) is 0 Å². The minimum absolute atomic E-state index is 0.00798. The molecule has 0 radical (unpaired) electrons. The molecule has 96 valence electrons. The van der Waals surface area contributed by atoms with Gasteiger partial charge in [-0.2, -0.15) is 0 Å². The number of hydrogen-bond acceptors (Lipinski definition) is 4. The molecule has 2 aliphatic rings. The lowest BCUT2D eigenvalue weighted by molar-refractivity contribution is -0.159. The first-order valence-corrected chi connectivity index (χ1v) is 5.90. The van der Waals surface area contributed by atoms with Crippen LogP contribution in [0.3, 0.4) is 0 Å². The third-order valence-corrected chi connectivity index (χ3v) is 3.12. The van der Waals surface area contributed by atoms with Gasteiger partial charge in [-0.25, -0.2) is 4.79 Å². The highest BCUT2D eigenvalue weighted by atomic mass is 16.5. The fourth-order valence-corrected chi connectivity index (χ4v) is 2.15. The summed E-state index contributed by atoms with van der Waals surface area (Å²) in [5.74, 6) is -1.05. The lowest BCUT2D eigenvalue weighted by Gasteiger charge is -2.31. The van der Waals surface area contributed by atoms with Gasteiger partial charge in [0, 0.05) is 13.2 Å². The van der Waals surface area contributed by atoms with Gasteiger partial charge in [-0.3, -0.25) is 4.79 Å². The fraction of sp³-hybridized carbons (Fsp3) is 0.818. The van der Waals surface area contributed by atoms with Crippen molar-refractivity contribution >= 4 is 11.9 Å². The first-order chi connectivity index (χ1) is 8.16. The van der Waals surface area contributed by atoms with E-state index in [0.717, 1.165) is 19.4 Å².